The molecule has 0 unspecified atom stereocenters. The molecule has 8 N–H and O–H groups in total. The SMILES string of the molecule is CC(C)[C@H](NC(=O)[C@H](CCC(=O)O)NC(=O)[C@@H](N)Cc1ccc(O)cc1)C(=O)N[C@@H](C)C(=O)O. The van der Waals surface area contributed by atoms with Gasteiger partial charge < -0.3 is 37.0 Å². The Kier molecular flexibility index (Phi) is 11.0. The maximum atomic E-state index is 12.9. The van der Waals surface area contributed by atoms with Crippen LogP contribution >= 0.6 is 0 Å². The van der Waals surface area contributed by atoms with Crippen molar-refractivity contribution >= 4 is 29.7 Å². The van der Waals surface area contributed by atoms with Crippen molar-refractivity contribution in [2.45, 2.75) is 64.2 Å². The zero-order valence-corrected chi connectivity index (χ0v) is 19.3. The number of rotatable bonds is 13. The second-order valence-corrected chi connectivity index (χ2v) is 8.27. The average Bonchev–Trinajstić information content (AvgIpc) is 2.75. The molecular formula is C22H32N4O8. The van der Waals surface area contributed by atoms with Crippen LogP contribution in [0.1, 0.15) is 39.2 Å². The van der Waals surface area contributed by atoms with E-state index in [2.05, 4.69) is 16.0 Å². The van der Waals surface area contributed by atoms with Crippen molar-refractivity contribution in [1.29, 1.82) is 0 Å². The van der Waals surface area contributed by atoms with Gasteiger partial charge in [0.15, 0.2) is 0 Å². The van der Waals surface area contributed by atoms with Crippen molar-refractivity contribution in [2.24, 2.45) is 11.7 Å². The van der Waals surface area contributed by atoms with Gasteiger partial charge >= 0.3 is 11.9 Å². The van der Waals surface area contributed by atoms with Crippen molar-refractivity contribution in [3.63, 3.8) is 0 Å². The third-order valence-corrected chi connectivity index (χ3v) is 4.98. The minimum Gasteiger partial charge on any atom is -0.508 e. The summed E-state index contributed by atoms with van der Waals surface area (Å²) in [5, 5.41) is 34.5. The number of carboxylic acids is 2. The predicted octanol–water partition coefficient (Wildman–Crippen LogP) is -0.658. The summed E-state index contributed by atoms with van der Waals surface area (Å²) in [4.78, 5) is 60.0. The molecule has 12 heteroatoms. The molecule has 0 heterocycles. The van der Waals surface area contributed by atoms with Crippen LogP contribution in [-0.2, 0) is 30.4 Å². The third-order valence-electron chi connectivity index (χ3n) is 4.98. The number of carbonyl (C=O) groups excluding carboxylic acids is 3. The van der Waals surface area contributed by atoms with E-state index < -0.39 is 66.2 Å². The summed E-state index contributed by atoms with van der Waals surface area (Å²) in [6.45, 7) is 4.54. The molecule has 34 heavy (non-hydrogen) atoms. The Labute approximate surface area is 196 Å². The molecule has 0 saturated heterocycles. The lowest BCUT2D eigenvalue weighted by Gasteiger charge is -2.26. The van der Waals surface area contributed by atoms with Crippen molar-refractivity contribution in [3.05, 3.63) is 29.8 Å². The quantitative estimate of drug-likeness (QED) is 0.191. The lowest BCUT2D eigenvalue weighted by molar-refractivity contribution is -0.142. The van der Waals surface area contributed by atoms with Crippen LogP contribution < -0.4 is 21.7 Å². The first kappa shape index (κ1) is 28.4. The van der Waals surface area contributed by atoms with Gasteiger partial charge in [-0.2, -0.15) is 0 Å². The number of hydrogen-bond acceptors (Lipinski definition) is 7. The van der Waals surface area contributed by atoms with E-state index in [9.17, 15) is 29.1 Å². The number of phenols is 1. The van der Waals surface area contributed by atoms with Gasteiger partial charge in [0, 0.05) is 6.42 Å². The summed E-state index contributed by atoms with van der Waals surface area (Å²) < 4.78 is 0. The average molecular weight is 481 g/mol. The molecule has 188 valence electrons. The zero-order valence-electron chi connectivity index (χ0n) is 19.3. The Balaban J connectivity index is 2.92. The number of benzene rings is 1. The first-order valence-corrected chi connectivity index (χ1v) is 10.7. The number of hydrogen-bond donors (Lipinski definition) is 7. The summed E-state index contributed by atoms with van der Waals surface area (Å²) in [7, 11) is 0. The van der Waals surface area contributed by atoms with Gasteiger partial charge in [0.1, 0.15) is 23.9 Å². The van der Waals surface area contributed by atoms with Crippen LogP contribution in [0.15, 0.2) is 24.3 Å². The largest absolute Gasteiger partial charge is 0.508 e. The molecule has 0 aliphatic heterocycles. The number of carbonyl (C=O) groups is 5. The first-order valence-electron chi connectivity index (χ1n) is 10.7. The van der Waals surface area contributed by atoms with E-state index in [4.69, 9.17) is 15.9 Å². The summed E-state index contributed by atoms with van der Waals surface area (Å²) in [5.74, 6) is -5.06. The number of nitrogens with two attached hydrogens (primary N) is 1. The zero-order chi connectivity index (χ0) is 26.0. The van der Waals surface area contributed by atoms with Crippen LogP contribution in [0.2, 0.25) is 0 Å². The monoisotopic (exact) mass is 480 g/mol. The van der Waals surface area contributed by atoms with Gasteiger partial charge in [-0.15, -0.1) is 0 Å². The van der Waals surface area contributed by atoms with E-state index >= 15 is 0 Å². The summed E-state index contributed by atoms with van der Waals surface area (Å²) in [5.41, 5.74) is 6.59. The van der Waals surface area contributed by atoms with E-state index in [0.717, 1.165) is 0 Å². The lowest BCUT2D eigenvalue weighted by atomic mass is 10.0. The topological polar surface area (TPSA) is 208 Å². The van der Waals surface area contributed by atoms with Crippen molar-refractivity contribution in [2.75, 3.05) is 0 Å². The molecule has 0 radical (unpaired) electrons. The second kappa shape index (κ2) is 13.1. The molecule has 0 aliphatic rings. The van der Waals surface area contributed by atoms with E-state index in [0.29, 0.717) is 5.56 Å². The smallest absolute Gasteiger partial charge is 0.325 e. The number of nitrogens with one attached hydrogen (secondary N) is 3. The fourth-order valence-electron chi connectivity index (χ4n) is 2.95. The number of aromatic hydroxyl groups is 1. The third kappa shape index (κ3) is 9.45. The normalized spacial score (nSPS) is 14.4. The summed E-state index contributed by atoms with van der Waals surface area (Å²) in [6.07, 6.45) is -0.583. The van der Waals surface area contributed by atoms with E-state index in [1.54, 1.807) is 26.0 Å². The van der Waals surface area contributed by atoms with Crippen LogP contribution in [0, 0.1) is 5.92 Å². The van der Waals surface area contributed by atoms with Crippen LogP contribution in [0.25, 0.3) is 0 Å². The standard InChI is InChI=1S/C22H32N4O8/c1-11(2)18(21(32)24-12(3)22(33)34)26-20(31)16(8-9-17(28)29)25-19(30)15(23)10-13-4-6-14(27)7-5-13/h4-7,11-12,15-16,18,27H,8-10,23H2,1-3H3,(H,24,32)(H,25,30)(H,26,31)(H,28,29)(H,33,34)/t12-,15-,16-,18-/m0/s1. The minimum atomic E-state index is -1.29. The fourth-order valence-corrected chi connectivity index (χ4v) is 2.95. The van der Waals surface area contributed by atoms with Crippen molar-refractivity contribution < 1.29 is 39.3 Å². The van der Waals surface area contributed by atoms with E-state index in [1.807, 2.05) is 0 Å². The second-order valence-electron chi connectivity index (χ2n) is 8.27. The highest BCUT2D eigenvalue weighted by molar-refractivity contribution is 5.94. The predicted molar refractivity (Wildman–Crippen MR) is 121 cm³/mol. The van der Waals surface area contributed by atoms with Crippen molar-refractivity contribution in [3.8, 4) is 5.75 Å². The first-order chi connectivity index (χ1) is 15.8. The maximum absolute atomic E-state index is 12.9. The van der Waals surface area contributed by atoms with E-state index in [-0.39, 0.29) is 18.6 Å². The number of carboxylic acid groups (broad SMARTS) is 2. The van der Waals surface area contributed by atoms with Gasteiger partial charge in [-0.3, -0.25) is 24.0 Å². The lowest BCUT2D eigenvalue weighted by Crippen LogP contribution is -2.58. The Morgan fingerprint density at radius 2 is 1.47 bits per heavy atom. The highest BCUT2D eigenvalue weighted by Crippen LogP contribution is 2.11. The highest BCUT2D eigenvalue weighted by Gasteiger charge is 2.31. The molecule has 3 amide bonds. The van der Waals surface area contributed by atoms with Gasteiger partial charge in [0.05, 0.1) is 6.04 Å². The molecule has 12 nitrogen and oxygen atoms in total. The number of aliphatic carboxylic acids is 2. The Morgan fingerprint density at radius 3 is 1.97 bits per heavy atom. The molecule has 0 aromatic heterocycles. The maximum Gasteiger partial charge on any atom is 0.325 e. The number of phenolic OH excluding ortho intramolecular Hbond substituents is 1. The molecular weight excluding hydrogens is 448 g/mol. The van der Waals surface area contributed by atoms with Gasteiger partial charge in [0.2, 0.25) is 17.7 Å². The summed E-state index contributed by atoms with van der Waals surface area (Å²) in [6, 6.07) is 1.37. The number of amides is 3. The Bertz CT molecular complexity index is 887. The highest BCUT2D eigenvalue weighted by atomic mass is 16.4. The Hall–Kier alpha value is -3.67. The summed E-state index contributed by atoms with van der Waals surface area (Å²) >= 11 is 0. The van der Waals surface area contributed by atoms with Crippen LogP contribution in [0.4, 0.5) is 0 Å². The van der Waals surface area contributed by atoms with Gasteiger partial charge in [0.25, 0.3) is 0 Å². The molecule has 0 spiro atoms. The van der Waals surface area contributed by atoms with Gasteiger partial charge in [-0.05, 0) is 43.4 Å². The Morgan fingerprint density at radius 1 is 0.882 bits per heavy atom. The molecule has 1 rings (SSSR count). The molecule has 0 fully saturated rings. The molecule has 0 aliphatic carbocycles. The van der Waals surface area contributed by atoms with Gasteiger partial charge in [-0.1, -0.05) is 26.0 Å². The fraction of sp³-hybridized carbons (Fsp3) is 0.500. The molecule has 1 aromatic carbocycles. The molecule has 4 atom stereocenters. The molecule has 0 bridgehead atoms. The minimum absolute atomic E-state index is 0.0497. The molecule has 1 aromatic rings. The van der Waals surface area contributed by atoms with Crippen LogP contribution in [0.3, 0.4) is 0 Å². The molecule has 0 saturated carbocycles. The van der Waals surface area contributed by atoms with Crippen molar-refractivity contribution in [1.82, 2.24) is 16.0 Å². The van der Waals surface area contributed by atoms with Gasteiger partial charge in [-0.25, -0.2) is 0 Å². The van der Waals surface area contributed by atoms with Crippen LogP contribution in [0.5, 0.6) is 5.75 Å². The van der Waals surface area contributed by atoms with Crippen LogP contribution in [-0.4, -0.2) is 69.1 Å². The van der Waals surface area contributed by atoms with E-state index in [1.165, 1.54) is 19.1 Å².